The molecule has 0 saturated carbocycles. The van der Waals surface area contributed by atoms with Crippen molar-refractivity contribution in [1.29, 1.82) is 0 Å². The minimum Gasteiger partial charge on any atom is -0.491 e. The van der Waals surface area contributed by atoms with Gasteiger partial charge in [0.2, 0.25) is 0 Å². The van der Waals surface area contributed by atoms with Gasteiger partial charge in [-0.25, -0.2) is 9.78 Å². The highest BCUT2D eigenvalue weighted by molar-refractivity contribution is 5.90. The quantitative estimate of drug-likeness (QED) is 0.624. The van der Waals surface area contributed by atoms with Gasteiger partial charge in [-0.05, 0) is 30.3 Å². The molecule has 0 aliphatic carbocycles. The third-order valence-corrected chi connectivity index (χ3v) is 4.99. The number of H-pyrrole nitrogens is 1. The van der Waals surface area contributed by atoms with Crippen LogP contribution >= 0.6 is 0 Å². The lowest BCUT2D eigenvalue weighted by molar-refractivity contribution is 0.146. The summed E-state index contributed by atoms with van der Waals surface area (Å²) in [5.74, 6) is 0.729. The number of carbonyl (C=O) groups excluding carboxylic acids is 1. The van der Waals surface area contributed by atoms with Crippen molar-refractivity contribution in [2.45, 2.75) is 12.5 Å². The summed E-state index contributed by atoms with van der Waals surface area (Å²) >= 11 is 0. The van der Waals surface area contributed by atoms with Crippen LogP contribution < -0.4 is 10.1 Å². The number of benzene rings is 1. The molecule has 3 heterocycles. The van der Waals surface area contributed by atoms with Crippen molar-refractivity contribution in [2.24, 2.45) is 7.05 Å². The molecule has 3 aromatic rings. The monoisotopic (exact) mass is 396 g/mol. The molecule has 2 aromatic heterocycles. The summed E-state index contributed by atoms with van der Waals surface area (Å²) in [6.07, 6.45) is 4.13. The molecule has 2 N–H and O–H groups in total. The molecule has 9 nitrogen and oxygen atoms in total. The zero-order chi connectivity index (χ0) is 20.2. The number of aromatic amines is 1. The maximum atomic E-state index is 13.1. The van der Waals surface area contributed by atoms with Gasteiger partial charge in [0, 0.05) is 44.7 Å². The Morgan fingerprint density at radius 1 is 1.28 bits per heavy atom. The fourth-order valence-electron chi connectivity index (χ4n) is 3.52. The normalized spacial score (nSPS) is 15.8. The van der Waals surface area contributed by atoms with Crippen LogP contribution in [0.4, 0.5) is 10.5 Å². The van der Waals surface area contributed by atoms with E-state index < -0.39 is 0 Å². The van der Waals surface area contributed by atoms with Crippen LogP contribution in [0.1, 0.15) is 23.1 Å². The van der Waals surface area contributed by atoms with Crippen LogP contribution in [0.25, 0.3) is 0 Å². The molecule has 1 aliphatic heterocycles. The zero-order valence-electron chi connectivity index (χ0n) is 16.5. The van der Waals surface area contributed by atoms with E-state index in [0.717, 1.165) is 29.3 Å². The molecule has 0 unspecified atom stereocenters. The van der Waals surface area contributed by atoms with Gasteiger partial charge in [-0.2, -0.15) is 5.10 Å². The molecule has 29 heavy (non-hydrogen) atoms. The number of nitrogens with zero attached hydrogens (tertiary/aromatic N) is 4. The van der Waals surface area contributed by atoms with Crippen LogP contribution in [0.15, 0.2) is 42.9 Å². The maximum Gasteiger partial charge on any atom is 0.322 e. The Bertz CT molecular complexity index is 965. The fraction of sp³-hybridized carbons (Fsp3) is 0.350. The summed E-state index contributed by atoms with van der Waals surface area (Å²) in [6, 6.07) is 8.73. The Morgan fingerprint density at radius 2 is 2.10 bits per heavy atom. The summed E-state index contributed by atoms with van der Waals surface area (Å²) in [7, 11) is 3.50. The van der Waals surface area contributed by atoms with Crippen LogP contribution in [0.3, 0.4) is 0 Å². The molecule has 1 aliphatic rings. The maximum absolute atomic E-state index is 13.1. The number of ether oxygens (including phenoxy) is 2. The second kappa shape index (κ2) is 8.36. The summed E-state index contributed by atoms with van der Waals surface area (Å²) in [4.78, 5) is 22.6. The molecule has 2 amide bonds. The molecule has 1 aromatic carbocycles. The van der Waals surface area contributed by atoms with E-state index in [0.29, 0.717) is 25.4 Å². The molecule has 0 saturated heterocycles. The molecule has 9 heteroatoms. The molecule has 0 bridgehead atoms. The van der Waals surface area contributed by atoms with Crippen molar-refractivity contribution in [3.63, 3.8) is 0 Å². The zero-order valence-corrected chi connectivity index (χ0v) is 16.5. The number of amides is 2. The lowest BCUT2D eigenvalue weighted by atomic mass is 10.00. The average molecular weight is 396 g/mol. The van der Waals surface area contributed by atoms with Crippen molar-refractivity contribution >= 4 is 11.7 Å². The van der Waals surface area contributed by atoms with Crippen molar-refractivity contribution in [3.8, 4) is 5.75 Å². The number of carbonyl (C=O) groups is 1. The summed E-state index contributed by atoms with van der Waals surface area (Å²) in [6.45, 7) is 1.58. The van der Waals surface area contributed by atoms with Crippen molar-refractivity contribution in [3.05, 3.63) is 59.9 Å². The number of urea groups is 1. The van der Waals surface area contributed by atoms with E-state index >= 15 is 0 Å². The van der Waals surface area contributed by atoms with Gasteiger partial charge in [0.05, 0.1) is 24.3 Å². The van der Waals surface area contributed by atoms with Gasteiger partial charge in [0.15, 0.2) is 0 Å². The number of nitrogens with one attached hydrogen (secondary N) is 2. The van der Waals surface area contributed by atoms with Gasteiger partial charge < -0.3 is 24.7 Å². The number of imidazole rings is 1. The molecular weight excluding hydrogens is 372 g/mol. The largest absolute Gasteiger partial charge is 0.491 e. The number of aromatic nitrogens is 4. The molecule has 1 atom stereocenters. The van der Waals surface area contributed by atoms with E-state index in [-0.39, 0.29) is 12.1 Å². The van der Waals surface area contributed by atoms with Crippen LogP contribution in [0.5, 0.6) is 5.75 Å². The summed E-state index contributed by atoms with van der Waals surface area (Å²) in [5, 5.41) is 7.24. The van der Waals surface area contributed by atoms with Crippen molar-refractivity contribution in [1.82, 2.24) is 24.6 Å². The third kappa shape index (κ3) is 3.95. The first-order valence-electron chi connectivity index (χ1n) is 9.47. The number of aryl methyl sites for hydroxylation is 1. The lowest BCUT2D eigenvalue weighted by Crippen LogP contribution is -2.43. The minimum absolute atomic E-state index is 0.182. The van der Waals surface area contributed by atoms with E-state index in [1.165, 1.54) is 0 Å². The van der Waals surface area contributed by atoms with Crippen molar-refractivity contribution < 1.29 is 14.3 Å². The smallest absolute Gasteiger partial charge is 0.322 e. The number of hydrogen-bond acceptors (Lipinski definition) is 5. The topological polar surface area (TPSA) is 97.3 Å². The predicted molar refractivity (Wildman–Crippen MR) is 107 cm³/mol. The Kier molecular flexibility index (Phi) is 5.48. The molecule has 0 radical (unpaired) electrons. The van der Waals surface area contributed by atoms with Crippen molar-refractivity contribution in [2.75, 3.05) is 32.2 Å². The highest BCUT2D eigenvalue weighted by Gasteiger charge is 2.35. The first-order chi connectivity index (χ1) is 14.2. The summed E-state index contributed by atoms with van der Waals surface area (Å²) in [5.41, 5.74) is 3.52. The number of hydrogen-bond donors (Lipinski definition) is 2. The Hall–Kier alpha value is -3.33. The number of methoxy groups -OCH3 is 1. The van der Waals surface area contributed by atoms with Gasteiger partial charge >= 0.3 is 6.03 Å². The van der Waals surface area contributed by atoms with Gasteiger partial charge in [0.1, 0.15) is 18.4 Å². The summed E-state index contributed by atoms with van der Waals surface area (Å²) < 4.78 is 12.3. The molecule has 0 spiro atoms. The first-order valence-corrected chi connectivity index (χ1v) is 9.47. The van der Waals surface area contributed by atoms with E-state index in [2.05, 4.69) is 20.4 Å². The molecule has 0 fully saturated rings. The molecular formula is C20H24N6O3. The minimum atomic E-state index is -0.297. The fourth-order valence-corrected chi connectivity index (χ4v) is 3.52. The standard InChI is InChI=1S/C20H24N6O3/c1-25-17(7-9-23-25)19-18-16(21-13-22-18)8-10-26(19)20(27)24-14-3-5-15(6-4-14)29-12-11-28-2/h3-7,9,13,19H,8,10-12H2,1-2H3,(H,21,22)(H,24,27)/t19-/m1/s1. The Labute approximate surface area is 168 Å². The van der Waals surface area contributed by atoms with E-state index in [1.54, 1.807) is 29.2 Å². The number of fused-ring (bicyclic) bond motifs is 1. The van der Waals surface area contributed by atoms with Crippen LogP contribution in [-0.2, 0) is 18.2 Å². The Morgan fingerprint density at radius 3 is 2.83 bits per heavy atom. The van der Waals surface area contributed by atoms with Gasteiger partial charge in [-0.1, -0.05) is 0 Å². The highest BCUT2D eigenvalue weighted by Crippen LogP contribution is 2.33. The van der Waals surface area contributed by atoms with Crippen LogP contribution in [0.2, 0.25) is 0 Å². The second-order valence-corrected chi connectivity index (χ2v) is 6.79. The number of anilines is 1. The number of rotatable bonds is 6. The third-order valence-electron chi connectivity index (χ3n) is 4.99. The first kappa shape index (κ1) is 19.0. The van der Waals surface area contributed by atoms with Gasteiger partial charge in [-0.15, -0.1) is 0 Å². The second-order valence-electron chi connectivity index (χ2n) is 6.79. The predicted octanol–water partition coefficient (Wildman–Crippen LogP) is 2.35. The van der Waals surface area contributed by atoms with Gasteiger partial charge in [-0.3, -0.25) is 4.68 Å². The highest BCUT2D eigenvalue weighted by atomic mass is 16.5. The Balaban J connectivity index is 1.51. The van der Waals surface area contributed by atoms with E-state index in [4.69, 9.17) is 9.47 Å². The molecule has 152 valence electrons. The lowest BCUT2D eigenvalue weighted by Gasteiger charge is -2.34. The van der Waals surface area contributed by atoms with Crippen LogP contribution in [-0.4, -0.2) is 57.5 Å². The van der Waals surface area contributed by atoms with Gasteiger partial charge in [0.25, 0.3) is 0 Å². The van der Waals surface area contributed by atoms with E-state index in [9.17, 15) is 4.79 Å². The molecule has 4 rings (SSSR count). The SMILES string of the molecule is COCCOc1ccc(NC(=O)N2CCc3[nH]cnc3[C@H]2c2ccnn2C)cc1. The average Bonchev–Trinajstić information content (AvgIpc) is 3.37. The van der Waals surface area contributed by atoms with Crippen LogP contribution in [0, 0.1) is 0 Å². The van der Waals surface area contributed by atoms with E-state index in [1.807, 2.05) is 37.4 Å².